The molecule has 2 heterocycles. The number of ether oxygens (including phenoxy) is 2. The van der Waals surface area contributed by atoms with Gasteiger partial charge in [0.25, 0.3) is 0 Å². The Labute approximate surface area is 119 Å². The van der Waals surface area contributed by atoms with E-state index < -0.39 is 0 Å². The van der Waals surface area contributed by atoms with Crippen molar-refractivity contribution in [1.82, 2.24) is 9.88 Å². The van der Waals surface area contributed by atoms with Gasteiger partial charge >= 0.3 is 0 Å². The van der Waals surface area contributed by atoms with E-state index in [2.05, 4.69) is 4.98 Å². The highest BCUT2D eigenvalue weighted by Crippen LogP contribution is 2.18. The molecule has 1 atom stereocenters. The van der Waals surface area contributed by atoms with Gasteiger partial charge in [-0.2, -0.15) is 0 Å². The minimum absolute atomic E-state index is 0.164. The number of methoxy groups -OCH3 is 1. The molecule has 1 aliphatic heterocycles. The predicted molar refractivity (Wildman–Crippen MR) is 75.7 cm³/mol. The molecule has 0 saturated carbocycles. The highest BCUT2D eigenvalue weighted by Gasteiger charge is 2.26. The van der Waals surface area contributed by atoms with E-state index >= 15 is 0 Å². The third-order valence-electron chi connectivity index (χ3n) is 3.56. The second-order valence-corrected chi connectivity index (χ2v) is 5.04. The molecule has 1 amide bonds. The van der Waals surface area contributed by atoms with E-state index in [9.17, 15) is 4.79 Å². The Morgan fingerprint density at radius 2 is 2.40 bits per heavy atom. The molecule has 5 nitrogen and oxygen atoms in total. The van der Waals surface area contributed by atoms with E-state index in [0.717, 1.165) is 38.3 Å². The van der Waals surface area contributed by atoms with Crippen LogP contribution < -0.4 is 4.74 Å². The second-order valence-electron chi connectivity index (χ2n) is 5.04. The Morgan fingerprint density at radius 1 is 1.55 bits per heavy atom. The molecule has 0 bridgehead atoms. The second kappa shape index (κ2) is 7.24. The molecule has 0 N–H and O–H groups in total. The smallest absolute Gasteiger partial charge is 0.227 e. The zero-order valence-electron chi connectivity index (χ0n) is 12.2. The average molecular weight is 278 g/mol. The largest absolute Gasteiger partial charge is 0.481 e. The van der Waals surface area contributed by atoms with Crippen molar-refractivity contribution < 1.29 is 14.3 Å². The van der Waals surface area contributed by atoms with E-state index in [1.54, 1.807) is 13.3 Å². The number of rotatable bonds is 6. The summed E-state index contributed by atoms with van der Waals surface area (Å²) in [6.07, 6.45) is 3.11. The van der Waals surface area contributed by atoms with Crippen LogP contribution in [0.5, 0.6) is 5.88 Å². The van der Waals surface area contributed by atoms with E-state index in [1.165, 1.54) is 0 Å². The first-order valence-electron chi connectivity index (χ1n) is 7.07. The van der Waals surface area contributed by atoms with Gasteiger partial charge in [0.05, 0.1) is 20.1 Å². The van der Waals surface area contributed by atoms with E-state index in [4.69, 9.17) is 9.47 Å². The van der Waals surface area contributed by atoms with Crippen LogP contribution in [0.4, 0.5) is 0 Å². The van der Waals surface area contributed by atoms with Gasteiger partial charge in [0.1, 0.15) is 0 Å². The lowest BCUT2D eigenvalue weighted by Gasteiger charge is -2.16. The maximum absolute atomic E-state index is 12.3. The molecule has 20 heavy (non-hydrogen) atoms. The molecule has 0 aliphatic carbocycles. The molecule has 5 heteroatoms. The van der Waals surface area contributed by atoms with Crippen molar-refractivity contribution in [2.75, 3.05) is 33.4 Å². The summed E-state index contributed by atoms with van der Waals surface area (Å²) in [6, 6.07) is 3.67. The SMILES string of the molecule is CCOC[C@H]1CCN(C(=O)Cc2ccnc(OC)c2)C1. The van der Waals surface area contributed by atoms with E-state index in [0.29, 0.717) is 18.2 Å². The number of carbonyl (C=O) groups is 1. The number of likely N-dealkylation sites (tertiary alicyclic amines) is 1. The maximum Gasteiger partial charge on any atom is 0.227 e. The minimum atomic E-state index is 0.164. The molecule has 110 valence electrons. The van der Waals surface area contributed by atoms with Crippen molar-refractivity contribution in [3.63, 3.8) is 0 Å². The highest BCUT2D eigenvalue weighted by molar-refractivity contribution is 5.79. The number of nitrogens with zero attached hydrogens (tertiary/aromatic N) is 2. The number of hydrogen-bond donors (Lipinski definition) is 0. The fraction of sp³-hybridized carbons (Fsp3) is 0.600. The third-order valence-corrected chi connectivity index (χ3v) is 3.56. The number of hydrogen-bond acceptors (Lipinski definition) is 4. The average Bonchev–Trinajstić information content (AvgIpc) is 2.94. The Morgan fingerprint density at radius 3 is 3.15 bits per heavy atom. The normalized spacial score (nSPS) is 18.3. The van der Waals surface area contributed by atoms with Gasteiger partial charge in [-0.1, -0.05) is 0 Å². The van der Waals surface area contributed by atoms with E-state index in [1.807, 2.05) is 24.0 Å². The fourth-order valence-corrected chi connectivity index (χ4v) is 2.44. The summed E-state index contributed by atoms with van der Waals surface area (Å²) in [4.78, 5) is 18.2. The number of carbonyl (C=O) groups excluding carboxylic acids is 1. The Bertz CT molecular complexity index is 450. The van der Waals surface area contributed by atoms with Gasteiger partial charge in [0, 0.05) is 37.9 Å². The molecule has 2 rings (SSSR count). The zero-order chi connectivity index (χ0) is 14.4. The van der Waals surface area contributed by atoms with Crippen molar-refractivity contribution in [3.05, 3.63) is 23.9 Å². The van der Waals surface area contributed by atoms with Gasteiger partial charge in [-0.3, -0.25) is 4.79 Å². The Balaban J connectivity index is 1.86. The molecular formula is C15H22N2O3. The molecule has 0 radical (unpaired) electrons. The van der Waals surface area contributed by atoms with Crippen LogP contribution in [0.1, 0.15) is 18.9 Å². The lowest BCUT2D eigenvalue weighted by Crippen LogP contribution is -2.30. The van der Waals surface area contributed by atoms with Gasteiger partial charge in [0.15, 0.2) is 0 Å². The Kier molecular flexibility index (Phi) is 5.35. The summed E-state index contributed by atoms with van der Waals surface area (Å²) in [5.74, 6) is 1.19. The molecule has 0 aromatic carbocycles. The first kappa shape index (κ1) is 14.8. The van der Waals surface area contributed by atoms with Crippen LogP contribution in [0.25, 0.3) is 0 Å². The van der Waals surface area contributed by atoms with Crippen LogP contribution in [0.3, 0.4) is 0 Å². The summed E-state index contributed by atoms with van der Waals surface area (Å²) in [5.41, 5.74) is 0.940. The van der Waals surface area contributed by atoms with Gasteiger partial charge in [-0.05, 0) is 25.0 Å². The number of amides is 1. The van der Waals surface area contributed by atoms with Crippen molar-refractivity contribution in [3.8, 4) is 5.88 Å². The van der Waals surface area contributed by atoms with Crippen molar-refractivity contribution >= 4 is 5.91 Å². The van der Waals surface area contributed by atoms with Gasteiger partial charge in [-0.25, -0.2) is 4.98 Å². The first-order valence-corrected chi connectivity index (χ1v) is 7.07. The van der Waals surface area contributed by atoms with Gasteiger partial charge in [-0.15, -0.1) is 0 Å². The summed E-state index contributed by atoms with van der Waals surface area (Å²) in [5, 5.41) is 0. The zero-order valence-corrected chi connectivity index (χ0v) is 12.2. The summed E-state index contributed by atoms with van der Waals surface area (Å²) >= 11 is 0. The molecular weight excluding hydrogens is 256 g/mol. The Hall–Kier alpha value is -1.62. The van der Waals surface area contributed by atoms with Crippen LogP contribution in [0.15, 0.2) is 18.3 Å². The number of aromatic nitrogens is 1. The van der Waals surface area contributed by atoms with Crippen LogP contribution in [-0.2, 0) is 16.0 Å². The van der Waals surface area contributed by atoms with Crippen molar-refractivity contribution in [1.29, 1.82) is 0 Å². The minimum Gasteiger partial charge on any atom is -0.481 e. The van der Waals surface area contributed by atoms with Crippen LogP contribution >= 0.6 is 0 Å². The topological polar surface area (TPSA) is 51.7 Å². The first-order chi connectivity index (χ1) is 9.72. The molecule has 1 aromatic rings. The molecule has 1 fully saturated rings. The van der Waals surface area contributed by atoms with E-state index in [-0.39, 0.29) is 5.91 Å². The summed E-state index contributed by atoms with van der Waals surface area (Å²) in [6.45, 7) is 5.12. The lowest BCUT2D eigenvalue weighted by atomic mass is 10.1. The van der Waals surface area contributed by atoms with Crippen LogP contribution in [0.2, 0.25) is 0 Å². The van der Waals surface area contributed by atoms with Gasteiger partial charge in [0.2, 0.25) is 11.8 Å². The monoisotopic (exact) mass is 278 g/mol. The standard InChI is InChI=1S/C15H22N2O3/c1-3-20-11-13-5-7-17(10-13)15(18)9-12-4-6-16-14(8-12)19-2/h4,6,8,13H,3,5,7,9-11H2,1-2H3/t13-/m0/s1. The molecule has 1 aromatic heterocycles. The quantitative estimate of drug-likeness (QED) is 0.791. The molecule has 1 aliphatic rings. The fourth-order valence-electron chi connectivity index (χ4n) is 2.44. The maximum atomic E-state index is 12.3. The third kappa shape index (κ3) is 3.93. The summed E-state index contributed by atoms with van der Waals surface area (Å²) < 4.78 is 10.5. The predicted octanol–water partition coefficient (Wildman–Crippen LogP) is 1.52. The van der Waals surface area contributed by atoms with Gasteiger partial charge < -0.3 is 14.4 Å². The highest BCUT2D eigenvalue weighted by atomic mass is 16.5. The molecule has 0 spiro atoms. The lowest BCUT2D eigenvalue weighted by molar-refractivity contribution is -0.129. The molecule has 0 unspecified atom stereocenters. The van der Waals surface area contributed by atoms with Crippen molar-refractivity contribution in [2.45, 2.75) is 19.8 Å². The summed E-state index contributed by atoms with van der Waals surface area (Å²) in [7, 11) is 1.58. The van der Waals surface area contributed by atoms with Crippen LogP contribution in [-0.4, -0.2) is 49.2 Å². The van der Waals surface area contributed by atoms with Crippen molar-refractivity contribution in [2.24, 2.45) is 5.92 Å². The van der Waals surface area contributed by atoms with Crippen LogP contribution in [0, 0.1) is 5.92 Å². The number of pyridine rings is 1. The molecule has 1 saturated heterocycles.